The Morgan fingerprint density at radius 1 is 1.05 bits per heavy atom. The van der Waals surface area contributed by atoms with Crippen molar-refractivity contribution < 1.29 is 46.8 Å². The van der Waals surface area contributed by atoms with Crippen molar-refractivity contribution in [3.63, 3.8) is 0 Å². The number of aliphatic carboxylic acids is 1. The summed E-state index contributed by atoms with van der Waals surface area (Å²) in [5, 5.41) is 17.2. The summed E-state index contributed by atoms with van der Waals surface area (Å²) in [5.41, 5.74) is -0.668. The van der Waals surface area contributed by atoms with Gasteiger partial charge in [0.15, 0.2) is 0 Å². The first-order chi connectivity index (χ1) is 19.3. The first-order valence-electron chi connectivity index (χ1n) is 12.5. The van der Waals surface area contributed by atoms with Crippen molar-refractivity contribution in [1.82, 2.24) is 20.3 Å². The van der Waals surface area contributed by atoms with Crippen LogP contribution >= 0.6 is 0 Å². The number of amides is 4. The van der Waals surface area contributed by atoms with Gasteiger partial charge in [-0.2, -0.15) is 8.42 Å². The Hall–Kier alpha value is -4.50. The first-order valence-corrected chi connectivity index (χ1v) is 13.9. The Labute approximate surface area is 235 Å². The predicted molar refractivity (Wildman–Crippen MR) is 142 cm³/mol. The molecule has 1 fully saturated rings. The summed E-state index contributed by atoms with van der Waals surface area (Å²) in [4.78, 5) is 62.0. The SMILES string of the molecule is C[C@@H](NC(=O)CC[C@@](Cc1ccccc1)(NC(=O)OCc1ccccc1)C(=O)O)C(=O)NC1CN(S(=O)(=O)O)C1=O. The van der Waals surface area contributed by atoms with Gasteiger partial charge in [-0.05, 0) is 24.5 Å². The van der Waals surface area contributed by atoms with Crippen LogP contribution in [-0.4, -0.2) is 76.3 Å². The molecule has 15 heteroatoms. The molecule has 41 heavy (non-hydrogen) atoms. The van der Waals surface area contributed by atoms with Crippen LogP contribution in [0.5, 0.6) is 0 Å². The molecule has 5 N–H and O–H groups in total. The summed E-state index contributed by atoms with van der Waals surface area (Å²) < 4.78 is 36.4. The fraction of sp³-hybridized carbons (Fsp3) is 0.346. The zero-order chi connectivity index (χ0) is 30.2. The molecule has 0 spiro atoms. The van der Waals surface area contributed by atoms with Gasteiger partial charge < -0.3 is 25.8 Å². The number of benzene rings is 2. The lowest BCUT2D eigenvalue weighted by Crippen LogP contribution is -2.66. The van der Waals surface area contributed by atoms with Crippen molar-refractivity contribution >= 4 is 40.1 Å². The Balaban J connectivity index is 1.62. The molecule has 0 saturated carbocycles. The van der Waals surface area contributed by atoms with Gasteiger partial charge in [0.25, 0.3) is 5.91 Å². The maximum absolute atomic E-state index is 12.7. The number of carboxylic acids is 1. The molecule has 2 aromatic carbocycles. The maximum Gasteiger partial charge on any atom is 0.408 e. The molecule has 1 aliphatic heterocycles. The second-order valence-corrected chi connectivity index (χ2v) is 10.8. The number of carbonyl (C=O) groups excluding carboxylic acids is 4. The van der Waals surface area contributed by atoms with Crippen LogP contribution in [0, 0.1) is 0 Å². The van der Waals surface area contributed by atoms with Crippen LogP contribution in [0.1, 0.15) is 30.9 Å². The van der Waals surface area contributed by atoms with Gasteiger partial charge in [-0.3, -0.25) is 18.9 Å². The van der Waals surface area contributed by atoms with Gasteiger partial charge in [0, 0.05) is 12.8 Å². The molecular formula is C26H30N4O10S. The molecule has 1 unspecified atom stereocenters. The number of alkyl carbamates (subject to hydrolysis) is 1. The van der Waals surface area contributed by atoms with Crippen LogP contribution in [0.15, 0.2) is 60.7 Å². The number of nitrogens with one attached hydrogen (secondary N) is 3. The number of β-lactam (4-membered cyclic amide) rings is 1. The molecule has 1 aliphatic rings. The molecule has 3 rings (SSSR count). The van der Waals surface area contributed by atoms with E-state index in [-0.39, 0.29) is 23.8 Å². The minimum atomic E-state index is -4.73. The van der Waals surface area contributed by atoms with E-state index in [1.807, 2.05) is 0 Å². The second-order valence-electron chi connectivity index (χ2n) is 9.43. The zero-order valence-corrected chi connectivity index (χ0v) is 22.8. The van der Waals surface area contributed by atoms with Gasteiger partial charge in [-0.15, -0.1) is 0 Å². The molecule has 0 aromatic heterocycles. The Kier molecular flexibility index (Phi) is 10.0. The van der Waals surface area contributed by atoms with E-state index in [4.69, 9.17) is 9.29 Å². The molecule has 0 aliphatic carbocycles. The zero-order valence-electron chi connectivity index (χ0n) is 22.0. The highest BCUT2D eigenvalue weighted by Crippen LogP contribution is 2.21. The van der Waals surface area contributed by atoms with E-state index in [2.05, 4.69) is 16.0 Å². The number of nitrogens with zero attached hydrogens (tertiary/aromatic N) is 1. The fourth-order valence-electron chi connectivity index (χ4n) is 4.04. The molecule has 4 amide bonds. The normalized spacial score (nSPS) is 16.9. The molecule has 0 bridgehead atoms. The highest BCUT2D eigenvalue weighted by atomic mass is 32.2. The molecule has 1 saturated heterocycles. The van der Waals surface area contributed by atoms with Gasteiger partial charge in [-0.25, -0.2) is 13.9 Å². The Morgan fingerprint density at radius 2 is 1.63 bits per heavy atom. The van der Waals surface area contributed by atoms with E-state index in [1.165, 1.54) is 6.92 Å². The summed E-state index contributed by atoms with van der Waals surface area (Å²) in [6, 6.07) is 14.9. The number of rotatable bonds is 13. The summed E-state index contributed by atoms with van der Waals surface area (Å²) in [5.74, 6) is -3.95. The standard InChI is InChI=1S/C26H30N4O10S/c1-17(22(32)28-20-15-30(23(20)33)41(37,38)39)27-21(31)12-13-26(24(34)35,14-18-8-4-2-5-9-18)29-25(36)40-16-19-10-6-3-7-11-19/h2-11,17,20H,12-16H2,1H3,(H,27,31)(H,28,32)(H,29,36)(H,34,35)(H,37,38,39)/t17-,20?,26+/m1/s1. The van der Waals surface area contributed by atoms with Crippen molar-refractivity contribution in [2.24, 2.45) is 0 Å². The van der Waals surface area contributed by atoms with Crippen LogP contribution in [0.2, 0.25) is 0 Å². The minimum absolute atomic E-state index is 0.105. The summed E-state index contributed by atoms with van der Waals surface area (Å²) in [7, 11) is -4.73. The average molecular weight is 591 g/mol. The van der Waals surface area contributed by atoms with Gasteiger partial charge >= 0.3 is 22.4 Å². The second kappa shape index (κ2) is 13.2. The third kappa shape index (κ3) is 8.49. The van der Waals surface area contributed by atoms with Gasteiger partial charge in [0.05, 0.1) is 6.54 Å². The lowest BCUT2D eigenvalue weighted by Gasteiger charge is -2.35. The number of ether oxygens (including phenoxy) is 1. The van der Waals surface area contributed by atoms with E-state index in [0.29, 0.717) is 11.1 Å². The van der Waals surface area contributed by atoms with E-state index in [0.717, 1.165) is 0 Å². The quantitative estimate of drug-likeness (QED) is 0.160. The summed E-state index contributed by atoms with van der Waals surface area (Å²) in [6.45, 7) is 0.744. The lowest BCUT2D eigenvalue weighted by molar-refractivity contribution is -0.145. The van der Waals surface area contributed by atoms with E-state index < -0.39 is 70.7 Å². The van der Waals surface area contributed by atoms with Crippen LogP contribution in [0.3, 0.4) is 0 Å². The van der Waals surface area contributed by atoms with Crippen molar-refractivity contribution in [2.75, 3.05) is 6.54 Å². The van der Waals surface area contributed by atoms with Crippen molar-refractivity contribution in [3.05, 3.63) is 71.8 Å². The topological polar surface area (TPSA) is 209 Å². The number of hydrogen-bond acceptors (Lipinski definition) is 8. The third-order valence-electron chi connectivity index (χ3n) is 6.35. The lowest BCUT2D eigenvalue weighted by atomic mass is 9.86. The minimum Gasteiger partial charge on any atom is -0.479 e. The van der Waals surface area contributed by atoms with Crippen molar-refractivity contribution in [2.45, 2.75) is 50.4 Å². The van der Waals surface area contributed by atoms with Crippen LogP contribution in [0.4, 0.5) is 4.79 Å². The van der Waals surface area contributed by atoms with Crippen LogP contribution < -0.4 is 16.0 Å². The van der Waals surface area contributed by atoms with Gasteiger partial charge in [0.1, 0.15) is 24.2 Å². The molecule has 220 valence electrons. The highest BCUT2D eigenvalue weighted by Gasteiger charge is 2.45. The largest absolute Gasteiger partial charge is 0.479 e. The van der Waals surface area contributed by atoms with Crippen LogP contribution in [0.25, 0.3) is 0 Å². The number of carbonyl (C=O) groups is 5. The number of hydrogen-bond donors (Lipinski definition) is 5. The van der Waals surface area contributed by atoms with Gasteiger partial charge in [-0.1, -0.05) is 60.7 Å². The van der Waals surface area contributed by atoms with Crippen LogP contribution in [-0.2, 0) is 47.2 Å². The molecule has 14 nitrogen and oxygen atoms in total. The molecular weight excluding hydrogens is 560 g/mol. The molecule has 3 atom stereocenters. The first kappa shape index (κ1) is 31.0. The molecule has 1 heterocycles. The van der Waals surface area contributed by atoms with E-state index >= 15 is 0 Å². The number of carboxylic acid groups (broad SMARTS) is 1. The van der Waals surface area contributed by atoms with Crippen molar-refractivity contribution in [3.8, 4) is 0 Å². The average Bonchev–Trinajstić information content (AvgIpc) is 2.92. The molecule has 2 aromatic rings. The molecule has 0 radical (unpaired) electrons. The van der Waals surface area contributed by atoms with E-state index in [1.54, 1.807) is 60.7 Å². The van der Waals surface area contributed by atoms with E-state index in [9.17, 15) is 37.5 Å². The summed E-state index contributed by atoms with van der Waals surface area (Å²) in [6.07, 6.45) is -1.93. The summed E-state index contributed by atoms with van der Waals surface area (Å²) >= 11 is 0. The third-order valence-corrected chi connectivity index (χ3v) is 7.24. The monoisotopic (exact) mass is 590 g/mol. The predicted octanol–water partition coefficient (Wildman–Crippen LogP) is 0.394. The maximum atomic E-state index is 12.7. The Bertz CT molecular complexity index is 1390. The Morgan fingerprint density at radius 3 is 2.17 bits per heavy atom. The highest BCUT2D eigenvalue weighted by molar-refractivity contribution is 7.84. The van der Waals surface area contributed by atoms with Crippen molar-refractivity contribution in [1.29, 1.82) is 0 Å². The van der Waals surface area contributed by atoms with Gasteiger partial charge in [0.2, 0.25) is 11.8 Å². The fourth-order valence-corrected chi connectivity index (χ4v) is 4.74. The smallest absolute Gasteiger partial charge is 0.408 e.